The first-order valence-electron chi connectivity index (χ1n) is 3.75. The Bertz CT molecular complexity index is 54.9. The van der Waals surface area contributed by atoms with E-state index in [9.17, 15) is 0 Å². The van der Waals surface area contributed by atoms with E-state index in [0.29, 0.717) is 6.04 Å². The van der Waals surface area contributed by atoms with E-state index in [1.807, 2.05) is 0 Å². The maximum absolute atomic E-state index is 3.32. The molecule has 0 unspecified atom stereocenters. The van der Waals surface area contributed by atoms with Crippen molar-refractivity contribution >= 4 is 0 Å². The first-order chi connectivity index (χ1) is 4.31. The third-order valence-electron chi connectivity index (χ3n) is 1.25. The molecule has 0 heterocycles. The summed E-state index contributed by atoms with van der Waals surface area (Å²) in [5, 5.41) is 6.59. The quantitative estimate of drug-likeness (QED) is 0.569. The van der Waals surface area contributed by atoms with Gasteiger partial charge < -0.3 is 10.6 Å². The standard InChI is InChI=1S/C7H18N2/c1-4-8-6-7(3)9-5-2/h7-9H,4-6H2,1-3H3/t7-/m0/s1. The molecule has 0 fully saturated rings. The summed E-state index contributed by atoms with van der Waals surface area (Å²) in [7, 11) is 0. The van der Waals surface area contributed by atoms with Crippen LogP contribution in [0.15, 0.2) is 0 Å². The maximum atomic E-state index is 3.32. The van der Waals surface area contributed by atoms with Crippen molar-refractivity contribution in [3.8, 4) is 0 Å². The van der Waals surface area contributed by atoms with E-state index < -0.39 is 0 Å². The summed E-state index contributed by atoms with van der Waals surface area (Å²) in [6.45, 7) is 9.64. The van der Waals surface area contributed by atoms with Crippen LogP contribution in [0.5, 0.6) is 0 Å². The van der Waals surface area contributed by atoms with Crippen molar-refractivity contribution in [2.75, 3.05) is 19.6 Å². The smallest absolute Gasteiger partial charge is 0.0164 e. The van der Waals surface area contributed by atoms with E-state index in [0.717, 1.165) is 19.6 Å². The van der Waals surface area contributed by atoms with Gasteiger partial charge in [-0.1, -0.05) is 13.8 Å². The van der Waals surface area contributed by atoms with Crippen molar-refractivity contribution in [1.82, 2.24) is 10.6 Å². The van der Waals surface area contributed by atoms with Crippen molar-refractivity contribution in [1.29, 1.82) is 0 Å². The Morgan fingerprint density at radius 2 is 1.89 bits per heavy atom. The van der Waals surface area contributed by atoms with Crippen LogP contribution in [0.25, 0.3) is 0 Å². The largest absolute Gasteiger partial charge is 0.315 e. The van der Waals surface area contributed by atoms with Crippen LogP contribution in [0.2, 0.25) is 0 Å². The average molecular weight is 130 g/mol. The van der Waals surface area contributed by atoms with Crippen molar-refractivity contribution in [3.63, 3.8) is 0 Å². The van der Waals surface area contributed by atoms with Gasteiger partial charge in [0.25, 0.3) is 0 Å². The monoisotopic (exact) mass is 130 g/mol. The molecule has 1 atom stereocenters. The Kier molecular flexibility index (Phi) is 5.99. The Morgan fingerprint density at radius 1 is 1.22 bits per heavy atom. The van der Waals surface area contributed by atoms with Crippen LogP contribution in [-0.2, 0) is 0 Å². The molecule has 0 saturated heterocycles. The molecule has 0 aliphatic rings. The number of hydrogen-bond donors (Lipinski definition) is 2. The van der Waals surface area contributed by atoms with Gasteiger partial charge in [-0.2, -0.15) is 0 Å². The summed E-state index contributed by atoms with van der Waals surface area (Å²) < 4.78 is 0. The van der Waals surface area contributed by atoms with Crippen molar-refractivity contribution in [2.45, 2.75) is 26.8 Å². The fraction of sp³-hybridized carbons (Fsp3) is 1.00. The zero-order chi connectivity index (χ0) is 7.11. The highest BCUT2D eigenvalue weighted by Gasteiger charge is 1.94. The Morgan fingerprint density at radius 3 is 2.33 bits per heavy atom. The normalized spacial score (nSPS) is 13.7. The van der Waals surface area contributed by atoms with E-state index in [2.05, 4.69) is 31.4 Å². The highest BCUT2D eigenvalue weighted by molar-refractivity contribution is 4.60. The Labute approximate surface area is 58.0 Å². The molecule has 0 radical (unpaired) electrons. The van der Waals surface area contributed by atoms with Gasteiger partial charge in [0.05, 0.1) is 0 Å². The van der Waals surface area contributed by atoms with Crippen LogP contribution in [0.1, 0.15) is 20.8 Å². The van der Waals surface area contributed by atoms with E-state index in [1.54, 1.807) is 0 Å². The summed E-state index contributed by atoms with van der Waals surface area (Å²) >= 11 is 0. The molecule has 0 amide bonds. The third-order valence-corrected chi connectivity index (χ3v) is 1.25. The lowest BCUT2D eigenvalue weighted by Gasteiger charge is -2.11. The molecule has 0 bridgehead atoms. The predicted octanol–water partition coefficient (Wildman–Crippen LogP) is 0.594. The van der Waals surface area contributed by atoms with Gasteiger partial charge in [-0.15, -0.1) is 0 Å². The Hall–Kier alpha value is -0.0800. The number of hydrogen-bond acceptors (Lipinski definition) is 2. The van der Waals surface area contributed by atoms with Crippen molar-refractivity contribution < 1.29 is 0 Å². The molecule has 0 aromatic carbocycles. The van der Waals surface area contributed by atoms with E-state index >= 15 is 0 Å². The number of likely N-dealkylation sites (N-methyl/N-ethyl adjacent to an activating group) is 2. The van der Waals surface area contributed by atoms with Crippen molar-refractivity contribution in [3.05, 3.63) is 0 Å². The first kappa shape index (κ1) is 8.92. The molecule has 2 N–H and O–H groups in total. The lowest BCUT2D eigenvalue weighted by Crippen LogP contribution is -2.35. The van der Waals surface area contributed by atoms with Crippen molar-refractivity contribution in [2.24, 2.45) is 0 Å². The van der Waals surface area contributed by atoms with Gasteiger partial charge in [0.15, 0.2) is 0 Å². The molecule has 0 aromatic heterocycles. The van der Waals surface area contributed by atoms with Gasteiger partial charge in [-0.3, -0.25) is 0 Å². The number of nitrogens with one attached hydrogen (secondary N) is 2. The fourth-order valence-electron chi connectivity index (χ4n) is 0.781. The van der Waals surface area contributed by atoms with Crippen LogP contribution in [0, 0.1) is 0 Å². The molecule has 0 saturated carbocycles. The van der Waals surface area contributed by atoms with Gasteiger partial charge in [0, 0.05) is 12.6 Å². The third kappa shape index (κ3) is 5.80. The van der Waals surface area contributed by atoms with Gasteiger partial charge in [0.2, 0.25) is 0 Å². The van der Waals surface area contributed by atoms with Gasteiger partial charge in [0.1, 0.15) is 0 Å². The van der Waals surface area contributed by atoms with Gasteiger partial charge in [-0.05, 0) is 20.0 Å². The summed E-state index contributed by atoms with van der Waals surface area (Å²) in [5.74, 6) is 0. The van der Waals surface area contributed by atoms with Gasteiger partial charge >= 0.3 is 0 Å². The van der Waals surface area contributed by atoms with Crippen LogP contribution < -0.4 is 10.6 Å². The molecule has 0 aromatic rings. The molecule has 0 aliphatic carbocycles. The Balaban J connectivity index is 2.95. The molecule has 0 rings (SSSR count). The second-order valence-corrected chi connectivity index (χ2v) is 2.27. The molecular weight excluding hydrogens is 112 g/mol. The molecule has 2 heteroatoms. The maximum Gasteiger partial charge on any atom is 0.0164 e. The summed E-state index contributed by atoms with van der Waals surface area (Å²) in [5.41, 5.74) is 0. The zero-order valence-corrected chi connectivity index (χ0v) is 6.70. The SMILES string of the molecule is CCNC[C@H](C)NCC. The van der Waals surface area contributed by atoms with Crippen LogP contribution in [0.4, 0.5) is 0 Å². The molecule has 2 nitrogen and oxygen atoms in total. The number of rotatable bonds is 5. The van der Waals surface area contributed by atoms with Crippen LogP contribution in [0.3, 0.4) is 0 Å². The minimum absolute atomic E-state index is 0.606. The van der Waals surface area contributed by atoms with E-state index in [-0.39, 0.29) is 0 Å². The molecule has 0 aliphatic heterocycles. The topological polar surface area (TPSA) is 24.1 Å². The zero-order valence-electron chi connectivity index (χ0n) is 6.70. The lowest BCUT2D eigenvalue weighted by atomic mass is 10.3. The molecule has 9 heavy (non-hydrogen) atoms. The lowest BCUT2D eigenvalue weighted by molar-refractivity contribution is 0.523. The molecular formula is C7H18N2. The summed E-state index contributed by atoms with van der Waals surface area (Å²) in [4.78, 5) is 0. The van der Waals surface area contributed by atoms with Gasteiger partial charge in [-0.25, -0.2) is 0 Å². The van der Waals surface area contributed by atoms with E-state index in [4.69, 9.17) is 0 Å². The van der Waals surface area contributed by atoms with Crippen LogP contribution in [-0.4, -0.2) is 25.7 Å². The molecule has 56 valence electrons. The minimum atomic E-state index is 0.606. The first-order valence-corrected chi connectivity index (χ1v) is 3.75. The second-order valence-electron chi connectivity index (χ2n) is 2.27. The average Bonchev–Trinajstić information content (AvgIpc) is 1.85. The van der Waals surface area contributed by atoms with E-state index in [1.165, 1.54) is 0 Å². The molecule has 0 spiro atoms. The summed E-state index contributed by atoms with van der Waals surface area (Å²) in [6, 6.07) is 0.606. The minimum Gasteiger partial charge on any atom is -0.315 e. The second kappa shape index (κ2) is 6.05. The highest BCUT2D eigenvalue weighted by atomic mass is 15.0. The van der Waals surface area contributed by atoms with Crippen LogP contribution >= 0.6 is 0 Å². The highest BCUT2D eigenvalue weighted by Crippen LogP contribution is 1.75. The fourth-order valence-corrected chi connectivity index (χ4v) is 0.781. The predicted molar refractivity (Wildman–Crippen MR) is 41.7 cm³/mol. The summed E-state index contributed by atoms with van der Waals surface area (Å²) in [6.07, 6.45) is 0.